The number of hydrogen-bond donors (Lipinski definition) is 2. The molecule has 0 aliphatic carbocycles. The lowest BCUT2D eigenvalue weighted by atomic mass is 10.0. The van der Waals surface area contributed by atoms with Gasteiger partial charge in [-0.2, -0.15) is 0 Å². The van der Waals surface area contributed by atoms with E-state index in [1.165, 1.54) is 0 Å². The van der Waals surface area contributed by atoms with Gasteiger partial charge in [0.1, 0.15) is 0 Å². The fourth-order valence-electron chi connectivity index (χ4n) is 3.31. The summed E-state index contributed by atoms with van der Waals surface area (Å²) in [4.78, 5) is 25.4. The van der Waals surface area contributed by atoms with E-state index in [9.17, 15) is 4.79 Å². The van der Waals surface area contributed by atoms with Crippen molar-refractivity contribution in [3.05, 3.63) is 90.5 Å². The summed E-state index contributed by atoms with van der Waals surface area (Å²) in [5.74, 6) is 0.197. The molecule has 2 aromatic heterocycles. The van der Waals surface area contributed by atoms with Crippen LogP contribution in [0.1, 0.15) is 10.4 Å². The van der Waals surface area contributed by atoms with Crippen LogP contribution in [-0.2, 0) is 0 Å². The zero-order valence-corrected chi connectivity index (χ0v) is 14.9. The molecule has 0 aliphatic heterocycles. The minimum atomic E-state index is -0.227. The third kappa shape index (κ3) is 2.89. The van der Waals surface area contributed by atoms with Gasteiger partial charge < -0.3 is 4.98 Å². The molecule has 0 spiro atoms. The molecule has 5 rings (SSSR count). The molecule has 0 radical (unpaired) electrons. The van der Waals surface area contributed by atoms with E-state index >= 15 is 0 Å². The first-order valence-electron chi connectivity index (χ1n) is 8.99. The number of hydrogen-bond acceptors (Lipinski definition) is 3. The van der Waals surface area contributed by atoms with E-state index in [1.54, 1.807) is 0 Å². The topological polar surface area (TPSA) is 70.7 Å². The molecule has 3 aromatic carbocycles. The lowest BCUT2D eigenvalue weighted by Crippen LogP contribution is -2.14. The van der Waals surface area contributed by atoms with Crippen molar-refractivity contribution in [2.24, 2.45) is 0 Å². The maximum Gasteiger partial charge on any atom is 0.258 e. The van der Waals surface area contributed by atoms with Crippen LogP contribution in [0.5, 0.6) is 0 Å². The van der Waals surface area contributed by atoms with Crippen molar-refractivity contribution in [2.45, 2.75) is 0 Å². The summed E-state index contributed by atoms with van der Waals surface area (Å²) in [6.45, 7) is 0. The van der Waals surface area contributed by atoms with E-state index in [4.69, 9.17) is 4.98 Å². The number of H-pyrrole nitrogens is 1. The third-order valence-corrected chi connectivity index (χ3v) is 4.65. The number of pyridine rings is 1. The highest BCUT2D eigenvalue weighted by Gasteiger charge is 2.15. The lowest BCUT2D eigenvalue weighted by molar-refractivity contribution is 0.102. The number of nitrogens with zero attached hydrogens (tertiary/aromatic N) is 2. The van der Waals surface area contributed by atoms with Crippen LogP contribution in [0.2, 0.25) is 0 Å². The predicted molar refractivity (Wildman–Crippen MR) is 111 cm³/mol. The minimum Gasteiger partial charge on any atom is -0.324 e. The number of nitrogens with one attached hydrogen (secondary N) is 2. The van der Waals surface area contributed by atoms with Crippen LogP contribution in [0.3, 0.4) is 0 Å². The van der Waals surface area contributed by atoms with Gasteiger partial charge in [0.15, 0.2) is 0 Å². The molecule has 134 valence electrons. The van der Waals surface area contributed by atoms with Crippen molar-refractivity contribution in [1.29, 1.82) is 0 Å². The Morgan fingerprint density at radius 1 is 0.786 bits per heavy atom. The second kappa shape index (κ2) is 6.63. The van der Waals surface area contributed by atoms with Gasteiger partial charge in [0.2, 0.25) is 5.95 Å². The fourth-order valence-corrected chi connectivity index (χ4v) is 3.31. The maximum atomic E-state index is 13.1. The van der Waals surface area contributed by atoms with Crippen LogP contribution in [0.4, 0.5) is 5.95 Å². The average Bonchev–Trinajstić information content (AvgIpc) is 3.15. The average molecular weight is 364 g/mol. The highest BCUT2D eigenvalue weighted by atomic mass is 16.1. The van der Waals surface area contributed by atoms with E-state index in [2.05, 4.69) is 15.3 Å². The van der Waals surface area contributed by atoms with Gasteiger partial charge >= 0.3 is 0 Å². The number of aromatic amines is 1. The second-order valence-electron chi connectivity index (χ2n) is 6.49. The SMILES string of the molecule is O=C(Nc1nc2ccccc2[nH]1)c1cc(-c2ccccc2)nc2ccccc12. The standard InChI is InChI=1S/C23H16N4O/c28-22(27-23-25-19-12-6-7-13-20(19)26-23)17-14-21(15-8-2-1-3-9-15)24-18-11-5-4-10-16(17)18/h1-14H,(H2,25,26,27,28). The molecule has 5 nitrogen and oxygen atoms in total. The van der Waals surface area contributed by atoms with Crippen LogP contribution >= 0.6 is 0 Å². The van der Waals surface area contributed by atoms with Crippen LogP contribution in [-0.4, -0.2) is 20.9 Å². The Labute approximate surface area is 161 Å². The van der Waals surface area contributed by atoms with Crippen LogP contribution in [0, 0.1) is 0 Å². The zero-order valence-electron chi connectivity index (χ0n) is 14.9. The van der Waals surface area contributed by atoms with Gasteiger partial charge in [0.25, 0.3) is 5.91 Å². The number of carbonyl (C=O) groups is 1. The number of carbonyl (C=O) groups excluding carboxylic acids is 1. The van der Waals surface area contributed by atoms with Gasteiger partial charge in [-0.3, -0.25) is 10.1 Å². The highest BCUT2D eigenvalue weighted by molar-refractivity contribution is 6.12. The lowest BCUT2D eigenvalue weighted by Gasteiger charge is -2.09. The number of imidazole rings is 1. The number of aromatic nitrogens is 3. The molecule has 28 heavy (non-hydrogen) atoms. The van der Waals surface area contributed by atoms with Gasteiger partial charge in [-0.15, -0.1) is 0 Å². The normalized spacial score (nSPS) is 11.0. The van der Waals surface area contributed by atoms with E-state index < -0.39 is 0 Å². The molecular weight excluding hydrogens is 348 g/mol. The molecule has 0 saturated carbocycles. The minimum absolute atomic E-state index is 0.227. The van der Waals surface area contributed by atoms with E-state index in [0.29, 0.717) is 11.5 Å². The molecule has 0 aliphatic rings. The summed E-state index contributed by atoms with van der Waals surface area (Å²) < 4.78 is 0. The summed E-state index contributed by atoms with van der Waals surface area (Å²) in [7, 11) is 0. The Morgan fingerprint density at radius 3 is 2.32 bits per heavy atom. The molecule has 2 heterocycles. The molecule has 1 amide bonds. The first-order chi connectivity index (χ1) is 13.8. The van der Waals surface area contributed by atoms with E-state index in [0.717, 1.165) is 33.2 Å². The molecule has 5 heteroatoms. The molecule has 0 fully saturated rings. The molecule has 0 saturated heterocycles. The molecule has 0 unspecified atom stereocenters. The summed E-state index contributed by atoms with van der Waals surface area (Å²) in [5.41, 5.74) is 4.74. The Balaban J connectivity index is 1.59. The maximum absolute atomic E-state index is 13.1. The van der Waals surface area contributed by atoms with Gasteiger partial charge in [0, 0.05) is 10.9 Å². The predicted octanol–water partition coefficient (Wildman–Crippen LogP) is 5.03. The van der Waals surface area contributed by atoms with Crippen molar-refractivity contribution in [3.8, 4) is 11.3 Å². The number of amides is 1. The Bertz CT molecular complexity index is 1280. The summed E-state index contributed by atoms with van der Waals surface area (Å²) >= 11 is 0. The summed E-state index contributed by atoms with van der Waals surface area (Å²) in [6, 6.07) is 27.0. The fraction of sp³-hybridized carbons (Fsp3) is 0. The monoisotopic (exact) mass is 364 g/mol. The van der Waals surface area contributed by atoms with Crippen LogP contribution in [0.25, 0.3) is 33.2 Å². The summed E-state index contributed by atoms with van der Waals surface area (Å²) in [5, 5.41) is 3.69. The quantitative estimate of drug-likeness (QED) is 0.472. The van der Waals surface area contributed by atoms with Gasteiger partial charge in [0.05, 0.1) is 27.8 Å². The van der Waals surface area contributed by atoms with Crippen LogP contribution < -0.4 is 5.32 Å². The van der Waals surface area contributed by atoms with Crippen molar-refractivity contribution in [3.63, 3.8) is 0 Å². The number of benzene rings is 3. The second-order valence-corrected chi connectivity index (χ2v) is 6.49. The third-order valence-electron chi connectivity index (χ3n) is 4.65. The van der Waals surface area contributed by atoms with Crippen molar-refractivity contribution in [1.82, 2.24) is 15.0 Å². The first kappa shape index (κ1) is 16.2. The number of para-hydroxylation sites is 3. The smallest absolute Gasteiger partial charge is 0.258 e. The van der Waals surface area contributed by atoms with Gasteiger partial charge in [-0.05, 0) is 24.3 Å². The number of fused-ring (bicyclic) bond motifs is 2. The Hall–Kier alpha value is -3.99. The summed E-state index contributed by atoms with van der Waals surface area (Å²) in [6.07, 6.45) is 0. The van der Waals surface area contributed by atoms with Crippen molar-refractivity contribution < 1.29 is 4.79 Å². The number of anilines is 1. The largest absolute Gasteiger partial charge is 0.324 e. The molecular formula is C23H16N4O. The van der Waals surface area contributed by atoms with Crippen molar-refractivity contribution >= 4 is 33.8 Å². The van der Waals surface area contributed by atoms with E-state index in [-0.39, 0.29) is 5.91 Å². The van der Waals surface area contributed by atoms with Crippen molar-refractivity contribution in [2.75, 3.05) is 5.32 Å². The van der Waals surface area contributed by atoms with Gasteiger partial charge in [-0.1, -0.05) is 60.7 Å². The Morgan fingerprint density at radius 2 is 1.50 bits per heavy atom. The van der Waals surface area contributed by atoms with E-state index in [1.807, 2.05) is 84.9 Å². The first-order valence-corrected chi connectivity index (χ1v) is 8.99. The highest BCUT2D eigenvalue weighted by Crippen LogP contribution is 2.25. The molecule has 2 N–H and O–H groups in total. The molecule has 0 atom stereocenters. The molecule has 0 bridgehead atoms. The zero-order chi connectivity index (χ0) is 18.9. The number of rotatable bonds is 3. The molecule has 5 aromatic rings. The Kier molecular flexibility index (Phi) is 3.84. The van der Waals surface area contributed by atoms with Gasteiger partial charge in [-0.25, -0.2) is 9.97 Å². The van der Waals surface area contributed by atoms with Crippen LogP contribution in [0.15, 0.2) is 84.9 Å².